The summed E-state index contributed by atoms with van der Waals surface area (Å²) in [5.74, 6) is 0. The van der Waals surface area contributed by atoms with Crippen molar-refractivity contribution in [1.29, 1.82) is 0 Å². The summed E-state index contributed by atoms with van der Waals surface area (Å²) in [5, 5.41) is 7.35. The van der Waals surface area contributed by atoms with E-state index < -0.39 is 10.0 Å². The van der Waals surface area contributed by atoms with Crippen LogP contribution in [0, 0.1) is 13.8 Å². The van der Waals surface area contributed by atoms with E-state index in [9.17, 15) is 8.42 Å². The maximum absolute atomic E-state index is 12.4. The molecule has 110 valence electrons. The van der Waals surface area contributed by atoms with E-state index in [1.54, 1.807) is 25.6 Å². The minimum atomic E-state index is -3.47. The molecular formula is C11H21ClN4O2S. The third kappa shape index (κ3) is 3.47. The van der Waals surface area contributed by atoms with Gasteiger partial charge in [0.25, 0.3) is 0 Å². The summed E-state index contributed by atoms with van der Waals surface area (Å²) in [6.07, 6.45) is 1.88. The van der Waals surface area contributed by atoms with Gasteiger partial charge in [0.15, 0.2) is 0 Å². The van der Waals surface area contributed by atoms with E-state index in [1.165, 1.54) is 0 Å². The molecule has 1 aromatic rings. The van der Waals surface area contributed by atoms with Gasteiger partial charge in [-0.05, 0) is 33.2 Å². The molecule has 0 bridgehead atoms. The predicted octanol–water partition coefficient (Wildman–Crippen LogP) is 0.489. The molecule has 0 saturated carbocycles. The van der Waals surface area contributed by atoms with Crippen LogP contribution < -0.4 is 10.0 Å². The van der Waals surface area contributed by atoms with E-state index in [4.69, 9.17) is 0 Å². The molecule has 2 heterocycles. The Labute approximate surface area is 120 Å². The number of aryl methyl sites for hydroxylation is 2. The van der Waals surface area contributed by atoms with Crippen molar-refractivity contribution in [2.45, 2.75) is 37.6 Å². The number of aromatic nitrogens is 2. The number of nitrogens with zero attached hydrogens (tertiary/aromatic N) is 2. The van der Waals surface area contributed by atoms with Crippen molar-refractivity contribution in [1.82, 2.24) is 19.8 Å². The Morgan fingerprint density at radius 1 is 1.42 bits per heavy atom. The Balaban J connectivity index is 0.00000180. The average molecular weight is 309 g/mol. The molecule has 2 N–H and O–H groups in total. The fourth-order valence-corrected chi connectivity index (χ4v) is 4.08. The van der Waals surface area contributed by atoms with Gasteiger partial charge in [-0.1, -0.05) is 0 Å². The van der Waals surface area contributed by atoms with Gasteiger partial charge in [-0.2, -0.15) is 5.10 Å². The topological polar surface area (TPSA) is 76.0 Å². The molecule has 8 heteroatoms. The van der Waals surface area contributed by atoms with Crippen LogP contribution >= 0.6 is 12.4 Å². The van der Waals surface area contributed by atoms with E-state index in [2.05, 4.69) is 15.1 Å². The van der Waals surface area contributed by atoms with Crippen LogP contribution in [0.1, 0.15) is 24.2 Å². The first-order valence-electron chi connectivity index (χ1n) is 6.15. The highest BCUT2D eigenvalue weighted by Gasteiger charge is 2.27. The molecule has 1 fully saturated rings. The SMILES string of the molecule is Cc1nn(C)c(C)c1S(=O)(=O)NC1CCCNC1.Cl. The van der Waals surface area contributed by atoms with E-state index in [0.717, 1.165) is 19.4 Å². The second-order valence-corrected chi connectivity index (χ2v) is 6.44. The van der Waals surface area contributed by atoms with Gasteiger partial charge in [0, 0.05) is 19.6 Å². The lowest BCUT2D eigenvalue weighted by molar-refractivity contribution is 0.428. The van der Waals surface area contributed by atoms with Gasteiger partial charge in [-0.3, -0.25) is 4.68 Å². The zero-order valence-electron chi connectivity index (χ0n) is 11.4. The summed E-state index contributed by atoms with van der Waals surface area (Å²) < 4.78 is 29.1. The molecule has 19 heavy (non-hydrogen) atoms. The largest absolute Gasteiger partial charge is 0.315 e. The van der Waals surface area contributed by atoms with Crippen LogP contribution in [0.15, 0.2) is 4.90 Å². The lowest BCUT2D eigenvalue weighted by Gasteiger charge is -2.23. The van der Waals surface area contributed by atoms with Crippen LogP contribution in [0.25, 0.3) is 0 Å². The molecule has 1 saturated heterocycles. The molecule has 6 nitrogen and oxygen atoms in total. The third-order valence-electron chi connectivity index (χ3n) is 3.33. The third-order valence-corrected chi connectivity index (χ3v) is 5.10. The summed E-state index contributed by atoms with van der Waals surface area (Å²) in [4.78, 5) is 0.315. The van der Waals surface area contributed by atoms with Gasteiger partial charge < -0.3 is 5.32 Å². The Morgan fingerprint density at radius 2 is 2.11 bits per heavy atom. The molecular weight excluding hydrogens is 288 g/mol. The fourth-order valence-electron chi connectivity index (χ4n) is 2.37. The van der Waals surface area contributed by atoms with Crippen molar-refractivity contribution in [2.24, 2.45) is 7.05 Å². The van der Waals surface area contributed by atoms with Crippen LogP contribution in [-0.4, -0.2) is 37.3 Å². The van der Waals surface area contributed by atoms with Gasteiger partial charge in [0.1, 0.15) is 4.90 Å². The molecule has 0 spiro atoms. The minimum absolute atomic E-state index is 0. The van der Waals surface area contributed by atoms with Crippen molar-refractivity contribution in [3.8, 4) is 0 Å². The minimum Gasteiger partial charge on any atom is -0.315 e. The highest BCUT2D eigenvalue weighted by atomic mass is 35.5. The Hall–Kier alpha value is -0.630. The summed E-state index contributed by atoms with van der Waals surface area (Å²) >= 11 is 0. The molecule has 1 unspecified atom stereocenters. The van der Waals surface area contributed by atoms with E-state index in [1.807, 2.05) is 0 Å². The number of rotatable bonds is 3. The quantitative estimate of drug-likeness (QED) is 0.852. The van der Waals surface area contributed by atoms with Gasteiger partial charge in [0.2, 0.25) is 10.0 Å². The standard InChI is InChI=1S/C11H20N4O2S.ClH/c1-8-11(9(2)15(3)13-8)18(16,17)14-10-5-4-6-12-7-10;/h10,12,14H,4-7H2,1-3H3;1H. The Bertz CT molecular complexity index is 535. The fraction of sp³-hybridized carbons (Fsp3) is 0.727. The Kier molecular flexibility index (Phi) is 5.37. The number of halogens is 1. The maximum atomic E-state index is 12.4. The molecule has 0 radical (unpaired) electrons. The zero-order valence-corrected chi connectivity index (χ0v) is 13.1. The first kappa shape index (κ1) is 16.4. The summed E-state index contributed by atoms with van der Waals surface area (Å²) in [6.45, 7) is 5.15. The van der Waals surface area contributed by atoms with Crippen molar-refractivity contribution in [3.63, 3.8) is 0 Å². The molecule has 0 aliphatic carbocycles. The van der Waals surface area contributed by atoms with Crippen molar-refractivity contribution >= 4 is 22.4 Å². The van der Waals surface area contributed by atoms with Crippen molar-refractivity contribution < 1.29 is 8.42 Å². The number of nitrogens with one attached hydrogen (secondary N) is 2. The van der Waals surface area contributed by atoms with E-state index in [-0.39, 0.29) is 18.4 Å². The van der Waals surface area contributed by atoms with E-state index >= 15 is 0 Å². The summed E-state index contributed by atoms with van der Waals surface area (Å²) in [7, 11) is -1.72. The lowest BCUT2D eigenvalue weighted by atomic mass is 10.1. The molecule has 1 aliphatic rings. The predicted molar refractivity (Wildman–Crippen MR) is 76.1 cm³/mol. The van der Waals surface area contributed by atoms with E-state index in [0.29, 0.717) is 22.8 Å². The Morgan fingerprint density at radius 3 is 2.58 bits per heavy atom. The summed E-state index contributed by atoms with van der Waals surface area (Å²) in [5.41, 5.74) is 1.22. The number of piperidine rings is 1. The highest BCUT2D eigenvalue weighted by Crippen LogP contribution is 2.19. The normalized spacial score (nSPS) is 20.1. The molecule has 1 aliphatic heterocycles. The molecule has 0 aromatic carbocycles. The molecule has 0 amide bonds. The summed E-state index contributed by atoms with van der Waals surface area (Å²) in [6, 6.07) is -0.0252. The monoisotopic (exact) mass is 308 g/mol. The molecule has 1 atom stereocenters. The van der Waals surface area contributed by atoms with Gasteiger partial charge in [0.05, 0.1) is 11.4 Å². The van der Waals surface area contributed by atoms with Gasteiger partial charge >= 0.3 is 0 Å². The first-order valence-corrected chi connectivity index (χ1v) is 7.63. The van der Waals surface area contributed by atoms with Crippen LogP contribution in [0.5, 0.6) is 0 Å². The van der Waals surface area contributed by atoms with Crippen molar-refractivity contribution in [3.05, 3.63) is 11.4 Å². The lowest BCUT2D eigenvalue weighted by Crippen LogP contribution is -2.45. The number of hydrogen-bond donors (Lipinski definition) is 2. The first-order chi connectivity index (χ1) is 8.42. The van der Waals surface area contributed by atoms with Crippen LogP contribution in [0.3, 0.4) is 0 Å². The van der Waals surface area contributed by atoms with Crippen LogP contribution in [0.2, 0.25) is 0 Å². The highest BCUT2D eigenvalue weighted by molar-refractivity contribution is 7.89. The van der Waals surface area contributed by atoms with Crippen LogP contribution in [0.4, 0.5) is 0 Å². The van der Waals surface area contributed by atoms with Crippen LogP contribution in [-0.2, 0) is 17.1 Å². The van der Waals surface area contributed by atoms with Gasteiger partial charge in [-0.25, -0.2) is 13.1 Å². The number of sulfonamides is 1. The zero-order chi connectivity index (χ0) is 13.3. The van der Waals surface area contributed by atoms with Gasteiger partial charge in [-0.15, -0.1) is 12.4 Å². The molecule has 1 aromatic heterocycles. The smallest absolute Gasteiger partial charge is 0.244 e. The second kappa shape index (κ2) is 6.21. The molecule has 2 rings (SSSR count). The number of hydrogen-bond acceptors (Lipinski definition) is 4. The second-order valence-electron chi connectivity index (χ2n) is 4.79. The van der Waals surface area contributed by atoms with Crippen molar-refractivity contribution in [2.75, 3.05) is 13.1 Å². The maximum Gasteiger partial charge on any atom is 0.244 e. The average Bonchev–Trinajstić information content (AvgIpc) is 2.54.